The van der Waals surface area contributed by atoms with Crippen LogP contribution in [0.15, 0.2) is 24.3 Å². The molecule has 0 aliphatic carbocycles. The minimum absolute atomic E-state index is 0.179. The van der Waals surface area contributed by atoms with Gasteiger partial charge in [0, 0.05) is 31.7 Å². The minimum Gasteiger partial charge on any atom is -0.342 e. The van der Waals surface area contributed by atoms with E-state index < -0.39 is 21.3 Å². The van der Waals surface area contributed by atoms with Crippen LogP contribution in [0.5, 0.6) is 0 Å². The molecule has 8 nitrogen and oxygen atoms in total. The summed E-state index contributed by atoms with van der Waals surface area (Å²) in [5.41, 5.74) is -0.503. The fourth-order valence-corrected chi connectivity index (χ4v) is 5.34. The first-order chi connectivity index (χ1) is 12.2. The van der Waals surface area contributed by atoms with Crippen molar-refractivity contribution in [3.8, 4) is 0 Å². The number of anilines is 1. The first-order valence-electron chi connectivity index (χ1n) is 8.32. The molecule has 0 saturated carbocycles. The van der Waals surface area contributed by atoms with E-state index in [0.29, 0.717) is 31.7 Å². The molecule has 0 atom stereocenters. The van der Waals surface area contributed by atoms with Gasteiger partial charge in [-0.2, -0.15) is 0 Å². The van der Waals surface area contributed by atoms with Gasteiger partial charge in [0.2, 0.25) is 22.3 Å². The maximum Gasteiger partial charge on any atom is 0.254 e. The van der Waals surface area contributed by atoms with Crippen molar-refractivity contribution in [2.24, 2.45) is 5.41 Å². The Morgan fingerprint density at radius 2 is 1.81 bits per heavy atom. The van der Waals surface area contributed by atoms with E-state index in [0.717, 1.165) is 10.7 Å². The smallest absolute Gasteiger partial charge is 0.254 e. The molecule has 0 aromatic heterocycles. The van der Waals surface area contributed by atoms with Gasteiger partial charge < -0.3 is 9.80 Å². The van der Waals surface area contributed by atoms with Crippen molar-refractivity contribution < 1.29 is 22.8 Å². The van der Waals surface area contributed by atoms with Crippen LogP contribution < -0.4 is 4.31 Å². The Kier molecular flexibility index (Phi) is 4.51. The maximum atomic E-state index is 12.7. The van der Waals surface area contributed by atoms with Crippen molar-refractivity contribution in [3.63, 3.8) is 0 Å². The molecule has 9 heteroatoms. The number of hydrogen-bond acceptors (Lipinski definition) is 5. The van der Waals surface area contributed by atoms with Crippen LogP contribution in [0, 0.1) is 5.41 Å². The molecule has 2 saturated heterocycles. The zero-order chi connectivity index (χ0) is 19.1. The molecule has 2 heterocycles. The Labute approximate surface area is 152 Å². The van der Waals surface area contributed by atoms with Gasteiger partial charge in [0.05, 0.1) is 16.9 Å². The highest BCUT2D eigenvalue weighted by Crippen LogP contribution is 2.36. The van der Waals surface area contributed by atoms with Crippen LogP contribution in [-0.4, -0.2) is 68.4 Å². The summed E-state index contributed by atoms with van der Waals surface area (Å²) < 4.78 is 25.6. The Morgan fingerprint density at radius 3 is 2.35 bits per heavy atom. The summed E-state index contributed by atoms with van der Waals surface area (Å²) in [6, 6.07) is 6.11. The lowest BCUT2D eigenvalue weighted by Gasteiger charge is -2.32. The third kappa shape index (κ3) is 3.18. The van der Waals surface area contributed by atoms with Crippen molar-refractivity contribution in [2.45, 2.75) is 13.8 Å². The van der Waals surface area contributed by atoms with Gasteiger partial charge in [-0.1, -0.05) is 6.07 Å². The number of hydrogen-bond donors (Lipinski definition) is 0. The predicted octanol–water partition coefficient (Wildman–Crippen LogP) is 0.303. The van der Waals surface area contributed by atoms with Crippen molar-refractivity contribution in [3.05, 3.63) is 29.8 Å². The number of nitrogens with zero attached hydrogens (tertiary/aromatic N) is 3. The number of amides is 3. The first kappa shape index (κ1) is 18.4. The number of sulfonamides is 1. The molecule has 0 radical (unpaired) electrons. The fourth-order valence-electron chi connectivity index (χ4n) is 3.24. The van der Waals surface area contributed by atoms with E-state index in [1.807, 2.05) is 0 Å². The number of benzene rings is 1. The number of rotatable bonds is 3. The molecule has 1 aromatic rings. The zero-order valence-electron chi connectivity index (χ0n) is 14.7. The summed E-state index contributed by atoms with van der Waals surface area (Å²) in [6.07, 6.45) is 0.758. The SMILES string of the molecule is CC1(C)CS(=O)(=O)N(c2cccc(C(=O)N3CCN(C=O)CC3)c2)C1=O. The van der Waals surface area contributed by atoms with Crippen molar-refractivity contribution in [1.82, 2.24) is 9.80 Å². The molecule has 3 amide bonds. The highest BCUT2D eigenvalue weighted by atomic mass is 32.2. The predicted molar refractivity (Wildman–Crippen MR) is 95.0 cm³/mol. The zero-order valence-corrected chi connectivity index (χ0v) is 15.5. The van der Waals surface area contributed by atoms with Crippen molar-refractivity contribution >= 4 is 33.9 Å². The van der Waals surface area contributed by atoms with Crippen LogP contribution in [0.4, 0.5) is 5.69 Å². The second kappa shape index (κ2) is 6.39. The van der Waals surface area contributed by atoms with Gasteiger partial charge in [0.1, 0.15) is 0 Å². The summed E-state index contributed by atoms with van der Waals surface area (Å²) in [7, 11) is -3.76. The van der Waals surface area contributed by atoms with Gasteiger partial charge >= 0.3 is 0 Å². The molecule has 0 spiro atoms. The second-order valence-corrected chi connectivity index (χ2v) is 9.01. The average Bonchev–Trinajstić information content (AvgIpc) is 2.77. The van der Waals surface area contributed by atoms with Gasteiger partial charge in [0.25, 0.3) is 5.91 Å². The topological polar surface area (TPSA) is 95.1 Å². The molecule has 0 unspecified atom stereocenters. The number of carbonyl (C=O) groups excluding carboxylic acids is 3. The Morgan fingerprint density at radius 1 is 1.15 bits per heavy atom. The molecular formula is C17H21N3O5S. The third-order valence-corrected chi connectivity index (χ3v) is 6.68. The number of carbonyl (C=O) groups is 3. The van der Waals surface area contributed by atoms with Crippen LogP contribution in [0.25, 0.3) is 0 Å². The Balaban J connectivity index is 1.86. The van der Waals surface area contributed by atoms with Gasteiger partial charge in [-0.05, 0) is 32.0 Å². The highest BCUT2D eigenvalue weighted by molar-refractivity contribution is 7.94. The van der Waals surface area contributed by atoms with Gasteiger partial charge in [-0.3, -0.25) is 14.4 Å². The quantitative estimate of drug-likeness (QED) is 0.704. The van der Waals surface area contributed by atoms with E-state index in [-0.39, 0.29) is 17.3 Å². The summed E-state index contributed by atoms with van der Waals surface area (Å²) >= 11 is 0. The highest BCUT2D eigenvalue weighted by Gasteiger charge is 2.50. The standard InChI is InChI=1S/C17H21N3O5S/c1-17(2)11-26(24,25)20(16(17)23)14-5-3-4-13(10-14)15(22)19-8-6-18(12-21)7-9-19/h3-5,10,12H,6-9,11H2,1-2H3. The lowest BCUT2D eigenvalue weighted by atomic mass is 9.95. The minimum atomic E-state index is -3.76. The average molecular weight is 379 g/mol. The Bertz CT molecular complexity index is 857. The van der Waals surface area contributed by atoms with Crippen LogP contribution >= 0.6 is 0 Å². The van der Waals surface area contributed by atoms with Crippen molar-refractivity contribution in [2.75, 3.05) is 36.2 Å². The van der Waals surface area contributed by atoms with E-state index in [1.54, 1.807) is 35.8 Å². The maximum absolute atomic E-state index is 12.7. The van der Waals surface area contributed by atoms with Crippen LogP contribution in [0.1, 0.15) is 24.2 Å². The molecule has 2 fully saturated rings. The van der Waals surface area contributed by atoms with Crippen LogP contribution in [-0.2, 0) is 19.6 Å². The van der Waals surface area contributed by atoms with E-state index >= 15 is 0 Å². The normalized spacial score (nSPS) is 21.8. The summed E-state index contributed by atoms with van der Waals surface area (Å²) in [4.78, 5) is 39.2. The first-order valence-corrected chi connectivity index (χ1v) is 9.93. The monoisotopic (exact) mass is 379 g/mol. The molecule has 2 aliphatic heterocycles. The molecule has 3 rings (SSSR count). The van der Waals surface area contributed by atoms with Gasteiger partial charge in [-0.15, -0.1) is 0 Å². The fraction of sp³-hybridized carbons (Fsp3) is 0.471. The lowest BCUT2D eigenvalue weighted by Crippen LogP contribution is -2.48. The molecular weight excluding hydrogens is 358 g/mol. The second-order valence-electron chi connectivity index (χ2n) is 7.19. The molecule has 1 aromatic carbocycles. The molecule has 26 heavy (non-hydrogen) atoms. The Hall–Kier alpha value is -2.42. The third-order valence-electron chi connectivity index (χ3n) is 4.66. The molecule has 0 bridgehead atoms. The van der Waals surface area contributed by atoms with E-state index in [9.17, 15) is 22.8 Å². The van der Waals surface area contributed by atoms with E-state index in [2.05, 4.69) is 0 Å². The molecule has 0 N–H and O–H groups in total. The van der Waals surface area contributed by atoms with Crippen molar-refractivity contribution in [1.29, 1.82) is 0 Å². The van der Waals surface area contributed by atoms with E-state index in [1.165, 1.54) is 12.1 Å². The molecule has 140 valence electrons. The summed E-state index contributed by atoms with van der Waals surface area (Å²) in [5, 5.41) is 0. The van der Waals surface area contributed by atoms with Gasteiger partial charge in [0.15, 0.2) is 0 Å². The molecule has 2 aliphatic rings. The number of piperazine rings is 1. The van der Waals surface area contributed by atoms with E-state index in [4.69, 9.17) is 0 Å². The van der Waals surface area contributed by atoms with Crippen LogP contribution in [0.2, 0.25) is 0 Å². The largest absolute Gasteiger partial charge is 0.342 e. The summed E-state index contributed by atoms with van der Waals surface area (Å²) in [6.45, 7) is 4.93. The summed E-state index contributed by atoms with van der Waals surface area (Å²) in [5.74, 6) is -1.01. The van der Waals surface area contributed by atoms with Gasteiger partial charge in [-0.25, -0.2) is 12.7 Å². The van der Waals surface area contributed by atoms with Crippen LogP contribution in [0.3, 0.4) is 0 Å². The lowest BCUT2D eigenvalue weighted by molar-refractivity contribution is -0.123.